The second-order valence-corrected chi connectivity index (χ2v) is 6.87. The molecule has 0 atom stereocenters. The molecular weight excluding hydrogens is 352 g/mol. The number of H-pyrrole nitrogens is 4. The van der Waals surface area contributed by atoms with Gasteiger partial charge in [-0.2, -0.15) is 0 Å². The third-order valence-electron chi connectivity index (χ3n) is 5.07. The summed E-state index contributed by atoms with van der Waals surface area (Å²) in [5, 5.41) is 23.5. The fraction of sp³-hybridized carbons (Fsp3) is 0.0909. The van der Waals surface area contributed by atoms with Crippen molar-refractivity contribution < 1.29 is 10.2 Å². The van der Waals surface area contributed by atoms with Crippen molar-refractivity contribution in [2.75, 3.05) is 13.2 Å². The highest BCUT2D eigenvalue weighted by Gasteiger charge is 2.09. The summed E-state index contributed by atoms with van der Waals surface area (Å²) in [6.45, 7) is -0.217. The van der Waals surface area contributed by atoms with Gasteiger partial charge in [-0.1, -0.05) is 0 Å². The van der Waals surface area contributed by atoms with Crippen LogP contribution < -0.4 is 21.4 Å². The summed E-state index contributed by atoms with van der Waals surface area (Å²) in [4.78, 5) is 13.4. The van der Waals surface area contributed by atoms with Gasteiger partial charge in [0.2, 0.25) is 0 Å². The predicted molar refractivity (Wildman–Crippen MR) is 108 cm³/mol. The molecular formula is C22H20N4O2. The van der Waals surface area contributed by atoms with E-state index in [-0.39, 0.29) is 13.2 Å². The van der Waals surface area contributed by atoms with Gasteiger partial charge in [-0.25, -0.2) is 0 Å². The Hall–Kier alpha value is -3.48. The molecule has 0 amide bonds. The lowest BCUT2D eigenvalue weighted by molar-refractivity contribution is 0.349. The van der Waals surface area contributed by atoms with Crippen LogP contribution in [0.4, 0.5) is 0 Å². The van der Waals surface area contributed by atoms with Crippen LogP contribution in [-0.4, -0.2) is 43.4 Å². The SMILES string of the molecule is OCC1=c2ccc([nH]2)=C(CO)c2ccc([nH]2)C=c2ccc([nH]2)=Cc2ccc1[nH]2. The van der Waals surface area contributed by atoms with Crippen molar-refractivity contribution in [2.45, 2.75) is 0 Å². The molecule has 6 N–H and O–H groups in total. The molecule has 1 aliphatic heterocycles. The van der Waals surface area contributed by atoms with E-state index in [0.717, 1.165) is 55.3 Å². The Morgan fingerprint density at radius 2 is 1.04 bits per heavy atom. The van der Waals surface area contributed by atoms with E-state index in [1.54, 1.807) is 0 Å². The molecule has 4 aromatic heterocycles. The quantitative estimate of drug-likeness (QED) is 0.282. The summed E-state index contributed by atoms with van der Waals surface area (Å²) in [5.74, 6) is 0. The largest absolute Gasteiger partial charge is 0.392 e. The van der Waals surface area contributed by atoms with Crippen LogP contribution in [0.5, 0.6) is 0 Å². The Morgan fingerprint density at radius 1 is 0.536 bits per heavy atom. The van der Waals surface area contributed by atoms with Crippen molar-refractivity contribution in [3.8, 4) is 0 Å². The van der Waals surface area contributed by atoms with E-state index in [0.29, 0.717) is 0 Å². The predicted octanol–water partition coefficient (Wildman–Crippen LogP) is -0.647. The molecule has 0 fully saturated rings. The maximum atomic E-state index is 9.97. The average molecular weight is 372 g/mol. The van der Waals surface area contributed by atoms with Crippen molar-refractivity contribution in [2.24, 2.45) is 0 Å². The molecule has 6 heteroatoms. The van der Waals surface area contributed by atoms with Gasteiger partial charge in [0, 0.05) is 55.3 Å². The standard InChI is InChI=1S/C22H20N4O2/c27-11-17-19-5-3-15(24-19)9-13-1-2-14(23-13)10-16-4-6-20(25-16)18(12-28)22-8-7-21(17)26-22/h1-10,23-28H,11-12H2. The van der Waals surface area contributed by atoms with E-state index in [1.165, 1.54) is 0 Å². The lowest BCUT2D eigenvalue weighted by atomic mass is 10.2. The molecule has 0 aliphatic carbocycles. The number of fused-ring (bicyclic) bond motifs is 8. The summed E-state index contributed by atoms with van der Waals surface area (Å²) >= 11 is 0. The van der Waals surface area contributed by atoms with Crippen LogP contribution >= 0.6 is 0 Å². The number of hydrogen-bond acceptors (Lipinski definition) is 2. The summed E-state index contributed by atoms with van der Waals surface area (Å²) in [7, 11) is 0. The van der Waals surface area contributed by atoms with Gasteiger partial charge in [0.15, 0.2) is 0 Å². The zero-order chi connectivity index (χ0) is 19.1. The maximum absolute atomic E-state index is 9.97. The number of hydrogen-bond donors (Lipinski definition) is 6. The fourth-order valence-corrected chi connectivity index (χ4v) is 3.66. The Kier molecular flexibility index (Phi) is 3.93. The number of aromatic amines is 4. The second-order valence-electron chi connectivity index (χ2n) is 6.87. The molecule has 5 heterocycles. The molecule has 28 heavy (non-hydrogen) atoms. The third kappa shape index (κ3) is 2.85. The molecule has 0 radical (unpaired) electrons. The number of rotatable bonds is 2. The van der Waals surface area contributed by atoms with Gasteiger partial charge in [0.25, 0.3) is 0 Å². The van der Waals surface area contributed by atoms with Gasteiger partial charge in [-0.15, -0.1) is 0 Å². The van der Waals surface area contributed by atoms with Crippen LogP contribution in [0.15, 0.2) is 48.5 Å². The second kappa shape index (κ2) is 6.60. The highest BCUT2D eigenvalue weighted by molar-refractivity contribution is 5.67. The molecule has 0 aromatic carbocycles. The molecule has 1 aliphatic rings. The van der Waals surface area contributed by atoms with Crippen LogP contribution in [0.3, 0.4) is 0 Å². The third-order valence-corrected chi connectivity index (χ3v) is 5.07. The smallest absolute Gasteiger partial charge is 0.0722 e. The summed E-state index contributed by atoms with van der Waals surface area (Å²) in [6.07, 6.45) is 4.05. The summed E-state index contributed by atoms with van der Waals surface area (Å²) in [5.41, 5.74) is 5.11. The van der Waals surface area contributed by atoms with Crippen molar-refractivity contribution in [3.05, 3.63) is 92.7 Å². The number of aliphatic hydroxyl groups excluding tert-OH is 2. The normalized spacial score (nSPS) is 13.4. The van der Waals surface area contributed by atoms with Crippen molar-refractivity contribution in [1.82, 2.24) is 19.9 Å². The minimum atomic E-state index is -0.109. The Morgan fingerprint density at radius 3 is 1.50 bits per heavy atom. The molecule has 0 saturated heterocycles. The average Bonchev–Trinajstić information content (AvgIpc) is 3.46. The summed E-state index contributed by atoms with van der Waals surface area (Å²) in [6, 6.07) is 15.8. The fourth-order valence-electron chi connectivity index (χ4n) is 3.66. The molecule has 8 bridgehead atoms. The topological polar surface area (TPSA) is 104 Å². The van der Waals surface area contributed by atoms with Crippen LogP contribution in [0.2, 0.25) is 0 Å². The van der Waals surface area contributed by atoms with Crippen LogP contribution in [0, 0.1) is 0 Å². The lowest BCUT2D eigenvalue weighted by Crippen LogP contribution is -2.19. The van der Waals surface area contributed by atoms with Crippen LogP contribution in [0.1, 0.15) is 22.8 Å². The zero-order valence-electron chi connectivity index (χ0n) is 15.1. The Bertz CT molecular complexity index is 1290. The molecule has 0 spiro atoms. The van der Waals surface area contributed by atoms with E-state index < -0.39 is 0 Å². The molecule has 5 rings (SSSR count). The first-order chi connectivity index (χ1) is 13.7. The highest BCUT2D eigenvalue weighted by Crippen LogP contribution is 2.12. The van der Waals surface area contributed by atoms with Crippen molar-refractivity contribution >= 4 is 23.3 Å². The van der Waals surface area contributed by atoms with Gasteiger partial charge >= 0.3 is 0 Å². The van der Waals surface area contributed by atoms with Crippen LogP contribution in [-0.2, 0) is 0 Å². The minimum absolute atomic E-state index is 0.109. The summed E-state index contributed by atoms with van der Waals surface area (Å²) < 4.78 is 0. The van der Waals surface area contributed by atoms with Gasteiger partial charge < -0.3 is 30.1 Å². The van der Waals surface area contributed by atoms with Gasteiger partial charge in [-0.05, 0) is 60.7 Å². The maximum Gasteiger partial charge on any atom is 0.0722 e. The van der Waals surface area contributed by atoms with Crippen molar-refractivity contribution in [3.63, 3.8) is 0 Å². The first-order valence-corrected chi connectivity index (χ1v) is 9.14. The van der Waals surface area contributed by atoms with E-state index in [9.17, 15) is 10.2 Å². The van der Waals surface area contributed by atoms with Gasteiger partial charge in [0.05, 0.1) is 13.2 Å². The van der Waals surface area contributed by atoms with E-state index in [1.807, 2.05) is 60.7 Å². The lowest BCUT2D eigenvalue weighted by Gasteiger charge is -2.01. The first-order valence-electron chi connectivity index (χ1n) is 9.14. The van der Waals surface area contributed by atoms with Crippen molar-refractivity contribution in [1.29, 1.82) is 0 Å². The molecule has 140 valence electrons. The minimum Gasteiger partial charge on any atom is -0.392 e. The van der Waals surface area contributed by atoms with E-state index >= 15 is 0 Å². The number of aromatic nitrogens is 4. The zero-order valence-corrected chi connectivity index (χ0v) is 15.1. The number of aliphatic hydroxyl groups is 2. The monoisotopic (exact) mass is 372 g/mol. The molecule has 4 aromatic rings. The van der Waals surface area contributed by atoms with Gasteiger partial charge in [0.1, 0.15) is 0 Å². The van der Waals surface area contributed by atoms with Crippen LogP contribution in [0.25, 0.3) is 23.3 Å². The molecule has 6 nitrogen and oxygen atoms in total. The Labute approximate surface area is 159 Å². The number of nitrogens with one attached hydrogen (secondary N) is 4. The van der Waals surface area contributed by atoms with E-state index in [2.05, 4.69) is 19.9 Å². The Balaban J connectivity index is 1.86. The van der Waals surface area contributed by atoms with E-state index in [4.69, 9.17) is 0 Å². The molecule has 0 unspecified atom stereocenters. The highest BCUT2D eigenvalue weighted by atomic mass is 16.3. The molecule has 0 saturated carbocycles. The van der Waals surface area contributed by atoms with Gasteiger partial charge in [-0.3, -0.25) is 0 Å². The first kappa shape index (κ1) is 16.7.